The van der Waals surface area contributed by atoms with Crippen LogP contribution in [-0.4, -0.2) is 24.4 Å². The number of benzene rings is 1. The summed E-state index contributed by atoms with van der Waals surface area (Å²) < 4.78 is 24.6. The van der Waals surface area contributed by atoms with E-state index in [0.717, 1.165) is 23.5 Å². The number of nitro groups is 1. The average molecular weight is 327 g/mol. The van der Waals surface area contributed by atoms with Gasteiger partial charge in [-0.15, -0.1) is 11.3 Å². The van der Waals surface area contributed by atoms with Gasteiger partial charge in [-0.05, 0) is 23.1 Å². The second kappa shape index (κ2) is 5.62. The highest BCUT2D eigenvalue weighted by Crippen LogP contribution is 2.28. The minimum atomic E-state index is -4.01. The SMILES string of the molecule is O=C(O)c1sccc1CS(=O)(=O)c1ccccc1[N+](=O)[O-]. The van der Waals surface area contributed by atoms with E-state index >= 15 is 0 Å². The molecule has 0 amide bonds. The van der Waals surface area contributed by atoms with Gasteiger partial charge in [0, 0.05) is 6.07 Å². The molecule has 0 spiro atoms. The summed E-state index contributed by atoms with van der Waals surface area (Å²) in [7, 11) is -4.01. The molecule has 0 aliphatic carbocycles. The molecule has 0 saturated carbocycles. The van der Waals surface area contributed by atoms with Gasteiger partial charge in [0.05, 0.1) is 10.7 Å². The number of thiophene rings is 1. The number of para-hydroxylation sites is 1. The zero-order valence-corrected chi connectivity index (χ0v) is 12.1. The number of nitrogens with zero attached hydrogens (tertiary/aromatic N) is 1. The lowest BCUT2D eigenvalue weighted by molar-refractivity contribution is -0.387. The highest BCUT2D eigenvalue weighted by molar-refractivity contribution is 7.90. The van der Waals surface area contributed by atoms with Crippen molar-refractivity contribution in [1.82, 2.24) is 0 Å². The lowest BCUT2D eigenvalue weighted by Crippen LogP contribution is -2.09. The third-order valence-electron chi connectivity index (χ3n) is 2.68. The summed E-state index contributed by atoms with van der Waals surface area (Å²) >= 11 is 0.906. The van der Waals surface area contributed by atoms with Crippen LogP contribution in [0.5, 0.6) is 0 Å². The molecule has 2 aromatic rings. The van der Waals surface area contributed by atoms with Crippen molar-refractivity contribution in [3.63, 3.8) is 0 Å². The highest BCUT2D eigenvalue weighted by Gasteiger charge is 2.27. The normalized spacial score (nSPS) is 11.2. The Labute approximate surface area is 123 Å². The van der Waals surface area contributed by atoms with E-state index in [2.05, 4.69) is 0 Å². The van der Waals surface area contributed by atoms with Crippen LogP contribution in [0, 0.1) is 10.1 Å². The molecule has 0 atom stereocenters. The number of carboxylic acids is 1. The van der Waals surface area contributed by atoms with E-state index in [9.17, 15) is 23.3 Å². The molecule has 110 valence electrons. The molecule has 0 aliphatic rings. The summed E-state index contributed by atoms with van der Waals surface area (Å²) in [4.78, 5) is 20.6. The Kier molecular flexibility index (Phi) is 4.05. The lowest BCUT2D eigenvalue weighted by atomic mass is 10.3. The molecule has 1 N–H and O–H groups in total. The molecule has 1 aromatic carbocycles. The van der Waals surface area contributed by atoms with Crippen molar-refractivity contribution in [3.8, 4) is 0 Å². The minimum absolute atomic E-state index is 0.0860. The highest BCUT2D eigenvalue weighted by atomic mass is 32.2. The maximum Gasteiger partial charge on any atom is 0.346 e. The van der Waals surface area contributed by atoms with E-state index in [1.54, 1.807) is 0 Å². The van der Waals surface area contributed by atoms with Crippen LogP contribution < -0.4 is 0 Å². The fourth-order valence-corrected chi connectivity index (χ4v) is 4.20. The number of hydrogen-bond donors (Lipinski definition) is 1. The van der Waals surface area contributed by atoms with Gasteiger partial charge in [-0.25, -0.2) is 13.2 Å². The van der Waals surface area contributed by atoms with Crippen LogP contribution in [0.3, 0.4) is 0 Å². The maximum absolute atomic E-state index is 12.3. The Hall–Kier alpha value is -2.26. The zero-order chi connectivity index (χ0) is 15.6. The first-order chi connectivity index (χ1) is 9.83. The predicted molar refractivity (Wildman–Crippen MR) is 75.3 cm³/mol. The Balaban J connectivity index is 2.47. The standard InChI is InChI=1S/C12H9NO6S2/c14-12(15)11-8(5-6-20-11)7-21(18,19)10-4-2-1-3-9(10)13(16)17/h1-6H,7H2,(H,14,15). The van der Waals surface area contributed by atoms with Crippen molar-refractivity contribution in [3.05, 3.63) is 56.3 Å². The molecule has 0 saturated heterocycles. The average Bonchev–Trinajstić information content (AvgIpc) is 2.86. The number of aromatic carboxylic acids is 1. The Morgan fingerprint density at radius 1 is 1.29 bits per heavy atom. The molecule has 0 bridgehead atoms. The quantitative estimate of drug-likeness (QED) is 0.665. The molecule has 21 heavy (non-hydrogen) atoms. The monoisotopic (exact) mass is 327 g/mol. The van der Waals surface area contributed by atoms with Crippen LogP contribution in [0.15, 0.2) is 40.6 Å². The first-order valence-electron chi connectivity index (χ1n) is 5.59. The smallest absolute Gasteiger partial charge is 0.346 e. The van der Waals surface area contributed by atoms with Crippen molar-refractivity contribution in [2.75, 3.05) is 0 Å². The molecule has 9 heteroatoms. The van der Waals surface area contributed by atoms with Crippen LogP contribution in [0.25, 0.3) is 0 Å². The van der Waals surface area contributed by atoms with E-state index in [0.29, 0.717) is 0 Å². The van der Waals surface area contributed by atoms with E-state index in [-0.39, 0.29) is 10.4 Å². The lowest BCUT2D eigenvalue weighted by Gasteiger charge is -2.05. The van der Waals surface area contributed by atoms with Crippen molar-refractivity contribution in [2.45, 2.75) is 10.6 Å². The number of nitro benzene ring substituents is 1. The molecule has 0 radical (unpaired) electrons. The van der Waals surface area contributed by atoms with Crippen LogP contribution in [0.2, 0.25) is 0 Å². The van der Waals surface area contributed by atoms with Gasteiger partial charge >= 0.3 is 5.97 Å². The Morgan fingerprint density at radius 2 is 1.95 bits per heavy atom. The van der Waals surface area contributed by atoms with Crippen LogP contribution in [0.1, 0.15) is 15.2 Å². The van der Waals surface area contributed by atoms with Crippen molar-refractivity contribution < 1.29 is 23.2 Å². The number of rotatable bonds is 5. The Bertz CT molecular complexity index is 809. The van der Waals surface area contributed by atoms with E-state index in [4.69, 9.17) is 5.11 Å². The summed E-state index contributed by atoms with van der Waals surface area (Å²) in [5, 5.41) is 21.3. The molecule has 0 fully saturated rings. The van der Waals surface area contributed by atoms with Gasteiger partial charge < -0.3 is 5.11 Å². The molecule has 2 rings (SSSR count). The predicted octanol–water partition coefficient (Wildman–Crippen LogP) is 2.33. The summed E-state index contributed by atoms with van der Waals surface area (Å²) in [6.07, 6.45) is 0. The van der Waals surface area contributed by atoms with Gasteiger partial charge in [0.15, 0.2) is 9.84 Å². The third-order valence-corrected chi connectivity index (χ3v) is 5.33. The van der Waals surface area contributed by atoms with Crippen molar-refractivity contribution in [2.24, 2.45) is 0 Å². The van der Waals surface area contributed by atoms with Gasteiger partial charge in [-0.3, -0.25) is 10.1 Å². The minimum Gasteiger partial charge on any atom is -0.477 e. The second-order valence-electron chi connectivity index (χ2n) is 4.06. The molecular weight excluding hydrogens is 318 g/mol. The number of hydrogen-bond acceptors (Lipinski definition) is 6. The molecular formula is C12H9NO6S2. The van der Waals surface area contributed by atoms with Gasteiger partial charge in [0.25, 0.3) is 5.69 Å². The molecule has 0 unspecified atom stereocenters. The number of carboxylic acid groups (broad SMARTS) is 1. The van der Waals surface area contributed by atoms with Crippen LogP contribution in [-0.2, 0) is 15.6 Å². The molecule has 1 heterocycles. The van der Waals surface area contributed by atoms with E-state index < -0.39 is 37.1 Å². The number of carbonyl (C=O) groups is 1. The van der Waals surface area contributed by atoms with E-state index in [1.807, 2.05) is 0 Å². The van der Waals surface area contributed by atoms with Crippen LogP contribution in [0.4, 0.5) is 5.69 Å². The molecule has 1 aromatic heterocycles. The van der Waals surface area contributed by atoms with Crippen molar-refractivity contribution in [1.29, 1.82) is 0 Å². The van der Waals surface area contributed by atoms with Crippen molar-refractivity contribution >= 4 is 32.8 Å². The summed E-state index contributed by atoms with van der Waals surface area (Å²) in [6, 6.07) is 6.37. The van der Waals surface area contributed by atoms with E-state index in [1.165, 1.54) is 23.6 Å². The molecule has 7 nitrogen and oxygen atoms in total. The summed E-state index contributed by atoms with van der Waals surface area (Å²) in [5.74, 6) is -1.82. The fraction of sp³-hybridized carbons (Fsp3) is 0.0833. The topological polar surface area (TPSA) is 115 Å². The maximum atomic E-state index is 12.3. The second-order valence-corrected chi connectivity index (χ2v) is 6.94. The van der Waals surface area contributed by atoms with Gasteiger partial charge in [-0.1, -0.05) is 12.1 Å². The first kappa shape index (κ1) is 15.1. The largest absolute Gasteiger partial charge is 0.477 e. The van der Waals surface area contributed by atoms with Crippen LogP contribution >= 0.6 is 11.3 Å². The Morgan fingerprint density at radius 3 is 2.57 bits per heavy atom. The number of sulfone groups is 1. The zero-order valence-electron chi connectivity index (χ0n) is 10.4. The summed E-state index contributed by atoms with van der Waals surface area (Å²) in [6.45, 7) is 0. The first-order valence-corrected chi connectivity index (χ1v) is 8.12. The fourth-order valence-electron chi connectivity index (χ4n) is 1.79. The van der Waals surface area contributed by atoms with Gasteiger partial charge in [0.1, 0.15) is 9.77 Å². The van der Waals surface area contributed by atoms with Gasteiger partial charge in [0.2, 0.25) is 0 Å². The molecule has 0 aliphatic heterocycles. The third kappa shape index (κ3) is 3.09. The van der Waals surface area contributed by atoms with Gasteiger partial charge in [-0.2, -0.15) is 0 Å². The summed E-state index contributed by atoms with van der Waals surface area (Å²) in [5.41, 5.74) is -0.407.